The number of hydrogen-bond donors (Lipinski definition) is 7. The molecule has 1 saturated heterocycles. The Morgan fingerprint density at radius 1 is 0.851 bits per heavy atom. The van der Waals surface area contributed by atoms with Gasteiger partial charge in [-0.15, -0.1) is 0 Å². The number of aryl methyl sites for hydroxylation is 3. The molecule has 3 aliphatic rings. The van der Waals surface area contributed by atoms with E-state index in [1.54, 1.807) is 20.9 Å². The molecule has 6 amide bonds. The second-order valence-electron chi connectivity index (χ2n) is 22.9. The molecule has 2 unspecified atom stereocenters. The second kappa shape index (κ2) is 31.4. The highest BCUT2D eigenvalue weighted by atomic mass is 31.2. The molecule has 474 valence electrons. The monoisotopic (exact) mass is 1230 g/mol. The molecule has 2 aliphatic carbocycles. The molecule has 0 radical (unpaired) electrons. The van der Waals surface area contributed by atoms with Crippen molar-refractivity contribution >= 4 is 65.4 Å². The number of amides is 6. The summed E-state index contributed by atoms with van der Waals surface area (Å²) < 4.78 is 65.8. The summed E-state index contributed by atoms with van der Waals surface area (Å²) in [5.74, 6) is -3.95. The highest BCUT2D eigenvalue weighted by molar-refractivity contribution is 7.52. The zero-order chi connectivity index (χ0) is 63.0. The van der Waals surface area contributed by atoms with Crippen molar-refractivity contribution in [1.29, 1.82) is 0 Å². The van der Waals surface area contributed by atoms with E-state index in [-0.39, 0.29) is 86.5 Å². The fraction of sp³-hybridized carbons (Fsp3) is 0.548. The van der Waals surface area contributed by atoms with Gasteiger partial charge in [-0.1, -0.05) is 74.4 Å². The number of primary amides is 1. The number of imidazole rings is 1. The second-order valence-corrected chi connectivity index (χ2v) is 24.6. The van der Waals surface area contributed by atoms with Crippen molar-refractivity contribution in [2.24, 2.45) is 36.5 Å². The number of halogens is 2. The molecular formula is C62H82F2N7O15P. The van der Waals surface area contributed by atoms with Gasteiger partial charge in [0.2, 0.25) is 35.4 Å². The first-order chi connectivity index (χ1) is 41.5. The lowest BCUT2D eigenvalue weighted by atomic mass is 9.82. The summed E-state index contributed by atoms with van der Waals surface area (Å²) in [6, 6.07) is 15.5. The van der Waals surface area contributed by atoms with Gasteiger partial charge >= 0.3 is 18.9 Å². The number of aromatic nitrogens is 2. The van der Waals surface area contributed by atoms with Crippen LogP contribution in [0.2, 0.25) is 0 Å². The summed E-state index contributed by atoms with van der Waals surface area (Å²) in [5.41, 5.74) is 4.98. The Bertz CT molecular complexity index is 3220. The average molecular weight is 1230 g/mol. The fourth-order valence-corrected chi connectivity index (χ4v) is 12.0. The van der Waals surface area contributed by atoms with Crippen LogP contribution in [0.5, 0.6) is 0 Å². The maximum absolute atomic E-state index is 14.3. The summed E-state index contributed by atoms with van der Waals surface area (Å²) in [7, 11) is -4.11. The highest BCUT2D eigenvalue weighted by Crippen LogP contribution is 2.60. The van der Waals surface area contributed by atoms with Gasteiger partial charge in [0.25, 0.3) is 0 Å². The average Bonchev–Trinajstić information content (AvgIpc) is 2.69. The number of fused-ring (bicyclic) bond motifs is 2. The Balaban J connectivity index is 0.767. The van der Waals surface area contributed by atoms with E-state index in [1.807, 2.05) is 49.4 Å². The molecule has 2 heterocycles. The topological polar surface area (TPSA) is 315 Å². The molecule has 0 spiro atoms. The third-order valence-electron chi connectivity index (χ3n) is 16.5. The van der Waals surface area contributed by atoms with Gasteiger partial charge in [-0.3, -0.25) is 52.6 Å². The summed E-state index contributed by atoms with van der Waals surface area (Å²) in [5, 5.41) is 11.1. The van der Waals surface area contributed by atoms with Gasteiger partial charge < -0.3 is 50.4 Å². The van der Waals surface area contributed by atoms with Crippen molar-refractivity contribution in [1.82, 2.24) is 30.4 Å². The minimum Gasteiger partial charge on any atom is -0.379 e. The van der Waals surface area contributed by atoms with Gasteiger partial charge in [-0.2, -0.15) is 8.78 Å². The van der Waals surface area contributed by atoms with E-state index in [4.69, 9.17) is 34.5 Å². The summed E-state index contributed by atoms with van der Waals surface area (Å²) in [4.78, 5) is 122. The number of hydrogen-bond acceptors (Lipinski definition) is 13. The Morgan fingerprint density at radius 2 is 1.52 bits per heavy atom. The Kier molecular flexibility index (Phi) is 24.4. The molecule has 4 aromatic rings. The van der Waals surface area contributed by atoms with E-state index >= 15 is 0 Å². The molecule has 1 aliphatic heterocycles. The molecule has 3 aromatic carbocycles. The molecule has 1 aromatic heterocycles. The molecule has 3 fully saturated rings. The van der Waals surface area contributed by atoms with Crippen LogP contribution in [0.15, 0.2) is 77.6 Å². The van der Waals surface area contributed by atoms with Crippen molar-refractivity contribution in [3.05, 3.63) is 111 Å². The smallest absolute Gasteiger partial charge is 0.379 e. The molecule has 22 nitrogen and oxygen atoms in total. The van der Waals surface area contributed by atoms with Crippen LogP contribution < -0.4 is 32.7 Å². The van der Waals surface area contributed by atoms with Crippen LogP contribution in [0.1, 0.15) is 125 Å². The summed E-state index contributed by atoms with van der Waals surface area (Å²) in [6.45, 7) is 7.68. The number of piperidine rings is 1. The number of Topliss-reactive ketones (excluding diaryl/α,β-unsaturated/α-hetero) is 1. The van der Waals surface area contributed by atoms with Gasteiger partial charge in [0, 0.05) is 50.6 Å². The third-order valence-corrected chi connectivity index (χ3v) is 17.5. The molecule has 25 heteroatoms. The number of benzene rings is 3. The first-order valence-electron chi connectivity index (χ1n) is 29.9. The number of imide groups is 1. The van der Waals surface area contributed by atoms with Gasteiger partial charge in [-0.05, 0) is 123 Å². The molecule has 2 saturated carbocycles. The van der Waals surface area contributed by atoms with Crippen molar-refractivity contribution in [2.75, 3.05) is 46.2 Å². The van der Waals surface area contributed by atoms with Crippen LogP contribution in [-0.4, -0.2) is 125 Å². The van der Waals surface area contributed by atoms with E-state index in [9.17, 15) is 51.7 Å². The molecule has 8 N–H and O–H groups in total. The van der Waals surface area contributed by atoms with Gasteiger partial charge in [-0.25, -0.2) is 4.79 Å². The number of nitrogens with one attached hydrogen (secondary N) is 4. The highest BCUT2D eigenvalue weighted by Gasteiger charge is 2.59. The zero-order valence-electron chi connectivity index (χ0n) is 49.8. The quantitative estimate of drug-likeness (QED) is 0.0127. The minimum atomic E-state index is -5.77. The van der Waals surface area contributed by atoms with Crippen molar-refractivity contribution in [3.63, 3.8) is 0 Å². The number of ketones is 1. The van der Waals surface area contributed by atoms with Crippen LogP contribution in [0, 0.1) is 23.7 Å². The van der Waals surface area contributed by atoms with Crippen LogP contribution in [0.25, 0.3) is 16.6 Å². The molecule has 0 bridgehead atoms. The van der Waals surface area contributed by atoms with Crippen LogP contribution in [0.4, 0.5) is 8.78 Å². The Hall–Kier alpha value is -6.79. The number of unbranched alkanes of at least 4 members (excludes halogenated alkanes) is 1. The largest absolute Gasteiger partial charge is 0.399 e. The maximum Gasteiger partial charge on any atom is 0.399 e. The third kappa shape index (κ3) is 18.6. The van der Waals surface area contributed by atoms with Gasteiger partial charge in [0.1, 0.15) is 12.6 Å². The Morgan fingerprint density at radius 3 is 2.20 bits per heavy atom. The molecule has 87 heavy (non-hydrogen) atoms. The number of carbonyl (C=O) groups is 7. The SMILES string of the molecule is CCCC[C@H](NC(=O)/C=C(\C)c1ccc(C(F)(F)P(=O)(O)O)cc1)C(=O)C1C[C@H]2C[C@H]2[C@H]1C(=O)N[C@@H](CCC(N)=O)[C@@H](C)OCc1ccc(CCCNC(=O)COCCOCCOCCCc2ccc3c(c2)n(C)c(=O)n3C2CCC(=O)NC2=O)cc1. The first kappa shape index (κ1) is 67.7. The van der Waals surface area contributed by atoms with Gasteiger partial charge in [0.05, 0.1) is 68.2 Å². The lowest BCUT2D eigenvalue weighted by molar-refractivity contribution is -0.136. The molecule has 7 rings (SSSR count). The summed E-state index contributed by atoms with van der Waals surface area (Å²) in [6.07, 6.45) is 7.13. The molecular weight excluding hydrogens is 1150 g/mol. The van der Waals surface area contributed by atoms with Gasteiger partial charge in [0.15, 0.2) is 5.78 Å². The number of nitrogens with two attached hydrogens (primary N) is 1. The number of alkyl halides is 2. The zero-order valence-corrected chi connectivity index (χ0v) is 50.7. The lowest BCUT2D eigenvalue weighted by Crippen LogP contribution is -2.50. The summed E-state index contributed by atoms with van der Waals surface area (Å²) >= 11 is 0. The van der Waals surface area contributed by atoms with Crippen molar-refractivity contribution in [3.8, 4) is 0 Å². The number of rotatable bonds is 36. The van der Waals surface area contributed by atoms with E-state index in [0.29, 0.717) is 87.2 Å². The van der Waals surface area contributed by atoms with Crippen LogP contribution >= 0.6 is 7.60 Å². The number of nitrogens with zero attached hydrogens (tertiary/aromatic N) is 2. The standard InChI is InChI=1S/C62H82F2N7O15P/c1-5-6-11-49(67-55(74)32-38(2)43-17-19-45(20-18-43)62(63,64)87(80,81)82)58(76)47-35-44-34-46(44)57(47)60(78)68-48(21-24-53(65)72)39(3)86-36-42-14-12-40(13-15-42)9-7-26-66-56(75)37-85-31-30-84-29-28-83-27-8-10-41-16-22-50-52(33-41)70(4)61(79)71(50)51-23-25-54(73)69-59(51)77/h12-20,22,32-33,39,44,46-49,51,57H,5-11,21,23-31,34-37H2,1-4H3,(H2,65,72)(H,66,75)(H,67,74)(H,68,78)(H,69,73,77)(H2,80,81,82)/b38-32+/t39-,44-,46-,47?,48+,49+,51?,57-/m1/s1. The predicted octanol–water partition coefficient (Wildman–Crippen LogP) is 5.55. The Labute approximate surface area is 504 Å². The fourth-order valence-electron chi connectivity index (χ4n) is 11.5. The normalized spacial score (nSPS) is 19.7. The van der Waals surface area contributed by atoms with Crippen molar-refractivity contribution in [2.45, 2.75) is 141 Å². The first-order valence-corrected chi connectivity index (χ1v) is 31.5. The van der Waals surface area contributed by atoms with Crippen LogP contribution in [-0.2, 0) is 89.2 Å². The number of allylic oxidation sites excluding steroid dienone is 1. The lowest BCUT2D eigenvalue weighted by Gasteiger charge is -2.30. The van der Waals surface area contributed by atoms with E-state index in [0.717, 1.165) is 54.5 Å². The van der Waals surface area contributed by atoms with Crippen LogP contribution in [0.3, 0.4) is 0 Å². The van der Waals surface area contributed by atoms with E-state index in [1.165, 1.54) is 27.3 Å². The number of carbonyl (C=O) groups excluding carboxylic acids is 7. The number of ether oxygens (including phenoxy) is 4. The van der Waals surface area contributed by atoms with Crippen molar-refractivity contribution < 1.29 is 75.6 Å². The minimum absolute atomic E-state index is 0.0125. The predicted molar refractivity (Wildman–Crippen MR) is 317 cm³/mol. The maximum atomic E-state index is 14.3. The molecule has 8 atom stereocenters. The van der Waals surface area contributed by atoms with E-state index < -0.39 is 72.6 Å². The van der Waals surface area contributed by atoms with E-state index in [2.05, 4.69) is 21.3 Å².